The number of carbonyl (C=O) groups excluding carboxylic acids is 1. The van der Waals surface area contributed by atoms with E-state index in [4.69, 9.17) is 9.26 Å². The molecule has 0 aliphatic carbocycles. The number of H-pyrrole nitrogens is 1. The van der Waals surface area contributed by atoms with E-state index in [1.54, 1.807) is 24.3 Å². The molecule has 2 heterocycles. The maximum atomic E-state index is 12.9. The van der Waals surface area contributed by atoms with Crippen LogP contribution < -0.4 is 5.56 Å². The van der Waals surface area contributed by atoms with Gasteiger partial charge in [0.1, 0.15) is 0 Å². The summed E-state index contributed by atoms with van der Waals surface area (Å²) in [4.78, 5) is 30.8. The van der Waals surface area contributed by atoms with Crippen LogP contribution in [0.2, 0.25) is 0 Å². The van der Waals surface area contributed by atoms with Crippen LogP contribution >= 0.6 is 0 Å². The van der Waals surface area contributed by atoms with Gasteiger partial charge in [0, 0.05) is 22.5 Å². The zero-order chi connectivity index (χ0) is 21.3. The largest absolute Gasteiger partial charge is 0.452 e. The van der Waals surface area contributed by atoms with Crippen molar-refractivity contribution in [1.82, 2.24) is 15.1 Å². The summed E-state index contributed by atoms with van der Waals surface area (Å²) in [6.07, 6.45) is -4.51. The monoisotopic (exact) mass is 415 g/mol. The molecule has 0 saturated carbocycles. The lowest BCUT2D eigenvalue weighted by Gasteiger charge is -2.06. The van der Waals surface area contributed by atoms with E-state index in [-0.39, 0.29) is 22.8 Å². The number of benzene rings is 2. The van der Waals surface area contributed by atoms with Gasteiger partial charge in [-0.2, -0.15) is 18.2 Å². The van der Waals surface area contributed by atoms with Crippen molar-refractivity contribution >= 4 is 16.9 Å². The molecule has 30 heavy (non-hydrogen) atoms. The van der Waals surface area contributed by atoms with Crippen molar-refractivity contribution in [2.75, 3.05) is 0 Å². The fraction of sp³-hybridized carbons (Fsp3) is 0.100. The zero-order valence-electron chi connectivity index (χ0n) is 15.1. The highest BCUT2D eigenvalue weighted by molar-refractivity contribution is 6.03. The molecule has 7 nitrogen and oxygen atoms in total. The minimum Gasteiger partial charge on any atom is -0.452 e. The molecule has 152 valence electrons. The molecule has 2 aromatic heterocycles. The van der Waals surface area contributed by atoms with Crippen molar-refractivity contribution in [3.8, 4) is 11.4 Å². The molecule has 4 aromatic rings. The maximum Gasteiger partial charge on any atom is 0.416 e. The Labute approximate surface area is 166 Å². The Morgan fingerprint density at radius 3 is 2.70 bits per heavy atom. The molecule has 0 bridgehead atoms. The Morgan fingerprint density at radius 2 is 1.90 bits per heavy atom. The highest BCUT2D eigenvalue weighted by Gasteiger charge is 2.30. The van der Waals surface area contributed by atoms with E-state index in [1.165, 1.54) is 12.1 Å². The SMILES string of the molecule is O=C(OCc1nc(-c2cccc(C(F)(F)F)c2)no1)c1cc(=O)[nH]c2ccccc12. The van der Waals surface area contributed by atoms with Crippen molar-refractivity contribution in [3.05, 3.63) is 82.0 Å². The van der Waals surface area contributed by atoms with Gasteiger partial charge in [0.25, 0.3) is 5.89 Å². The first-order valence-corrected chi connectivity index (χ1v) is 8.61. The van der Waals surface area contributed by atoms with Crippen LogP contribution in [0.4, 0.5) is 13.2 Å². The van der Waals surface area contributed by atoms with E-state index in [2.05, 4.69) is 15.1 Å². The van der Waals surface area contributed by atoms with Crippen LogP contribution in [0, 0.1) is 0 Å². The van der Waals surface area contributed by atoms with Gasteiger partial charge in [0.15, 0.2) is 6.61 Å². The molecule has 0 unspecified atom stereocenters. The molecule has 4 rings (SSSR count). The average Bonchev–Trinajstić information content (AvgIpc) is 3.20. The number of nitrogens with one attached hydrogen (secondary N) is 1. The molecule has 0 atom stereocenters. The number of aromatic nitrogens is 3. The lowest BCUT2D eigenvalue weighted by atomic mass is 10.1. The Morgan fingerprint density at radius 1 is 1.10 bits per heavy atom. The van der Waals surface area contributed by atoms with Gasteiger partial charge in [-0.15, -0.1) is 0 Å². The average molecular weight is 415 g/mol. The highest BCUT2D eigenvalue weighted by atomic mass is 19.4. The first-order valence-electron chi connectivity index (χ1n) is 8.61. The quantitative estimate of drug-likeness (QED) is 0.507. The number of alkyl halides is 3. The Bertz CT molecular complexity index is 1290. The number of fused-ring (bicyclic) bond motifs is 1. The van der Waals surface area contributed by atoms with Crippen LogP contribution in [0.1, 0.15) is 21.8 Å². The van der Waals surface area contributed by atoms with Gasteiger partial charge in [0.05, 0.1) is 11.1 Å². The topological polar surface area (TPSA) is 98.1 Å². The molecule has 0 spiro atoms. The third-order valence-electron chi connectivity index (χ3n) is 4.21. The molecular weight excluding hydrogens is 403 g/mol. The maximum absolute atomic E-state index is 12.9. The minimum absolute atomic E-state index is 0.0620. The summed E-state index contributed by atoms with van der Waals surface area (Å²) in [5.74, 6) is -0.963. The van der Waals surface area contributed by atoms with E-state index in [1.807, 2.05) is 0 Å². The summed E-state index contributed by atoms with van der Waals surface area (Å²) in [5.41, 5.74) is -0.676. The molecule has 0 amide bonds. The van der Waals surface area contributed by atoms with Crippen molar-refractivity contribution in [1.29, 1.82) is 0 Å². The normalized spacial score (nSPS) is 11.6. The lowest BCUT2D eigenvalue weighted by Crippen LogP contribution is -2.13. The predicted octanol–water partition coefficient (Wildman–Crippen LogP) is 3.95. The number of carbonyl (C=O) groups is 1. The van der Waals surface area contributed by atoms with E-state index in [9.17, 15) is 22.8 Å². The number of esters is 1. The molecular formula is C20H12F3N3O4. The molecule has 10 heteroatoms. The van der Waals surface area contributed by atoms with E-state index in [0.717, 1.165) is 18.2 Å². The van der Waals surface area contributed by atoms with E-state index in [0.29, 0.717) is 10.9 Å². The molecule has 0 aliphatic heterocycles. The molecule has 0 radical (unpaired) electrons. The summed E-state index contributed by atoms with van der Waals surface area (Å²) in [5, 5.41) is 4.12. The number of aromatic amines is 1. The Hall–Kier alpha value is -3.95. The third kappa shape index (κ3) is 3.93. The summed E-state index contributed by atoms with van der Waals surface area (Å²) in [6.45, 7) is -0.411. The van der Waals surface area contributed by atoms with Crippen LogP contribution in [-0.4, -0.2) is 21.1 Å². The number of para-hydroxylation sites is 1. The Kier molecular flexibility index (Phi) is 4.82. The summed E-state index contributed by atoms with van der Waals surface area (Å²) >= 11 is 0. The van der Waals surface area contributed by atoms with Crippen molar-refractivity contribution in [2.24, 2.45) is 0 Å². The smallest absolute Gasteiger partial charge is 0.416 e. The number of hydrogen-bond acceptors (Lipinski definition) is 6. The third-order valence-corrected chi connectivity index (χ3v) is 4.21. The van der Waals surface area contributed by atoms with Gasteiger partial charge in [-0.25, -0.2) is 4.79 Å². The van der Waals surface area contributed by atoms with Gasteiger partial charge in [-0.1, -0.05) is 35.5 Å². The standard InChI is InChI=1S/C20H12F3N3O4/c21-20(22,23)12-5-3-4-11(8-12)18-25-17(30-26-18)10-29-19(28)14-9-16(27)24-15-7-2-1-6-13(14)15/h1-9H,10H2,(H,24,27). The van der Waals surface area contributed by atoms with Gasteiger partial charge in [-0.05, 0) is 18.2 Å². The van der Waals surface area contributed by atoms with Crippen molar-refractivity contribution in [3.63, 3.8) is 0 Å². The van der Waals surface area contributed by atoms with Crippen molar-refractivity contribution < 1.29 is 27.2 Å². The first-order chi connectivity index (χ1) is 14.3. The molecule has 0 fully saturated rings. The van der Waals surface area contributed by atoms with E-state index < -0.39 is 29.9 Å². The van der Waals surface area contributed by atoms with Gasteiger partial charge < -0.3 is 14.2 Å². The van der Waals surface area contributed by atoms with Crippen LogP contribution in [0.15, 0.2) is 63.9 Å². The number of hydrogen-bond donors (Lipinski definition) is 1. The van der Waals surface area contributed by atoms with E-state index >= 15 is 0 Å². The number of nitrogens with zero attached hydrogens (tertiary/aromatic N) is 2. The number of ether oxygens (including phenoxy) is 1. The molecule has 0 saturated heterocycles. The van der Waals surface area contributed by atoms with Crippen LogP contribution in [0.25, 0.3) is 22.3 Å². The summed E-state index contributed by atoms with van der Waals surface area (Å²) < 4.78 is 48.6. The van der Waals surface area contributed by atoms with Crippen LogP contribution in [0.5, 0.6) is 0 Å². The second kappa shape index (κ2) is 7.47. The minimum atomic E-state index is -4.51. The van der Waals surface area contributed by atoms with Crippen LogP contribution in [0.3, 0.4) is 0 Å². The highest BCUT2D eigenvalue weighted by Crippen LogP contribution is 2.31. The summed E-state index contributed by atoms with van der Waals surface area (Å²) in [6, 6.07) is 12.3. The summed E-state index contributed by atoms with van der Waals surface area (Å²) in [7, 11) is 0. The number of rotatable bonds is 4. The number of halogens is 3. The van der Waals surface area contributed by atoms with Gasteiger partial charge >= 0.3 is 12.1 Å². The fourth-order valence-electron chi connectivity index (χ4n) is 2.84. The van der Waals surface area contributed by atoms with Crippen LogP contribution in [-0.2, 0) is 17.5 Å². The number of pyridine rings is 1. The first kappa shape index (κ1) is 19.4. The van der Waals surface area contributed by atoms with Crippen molar-refractivity contribution in [2.45, 2.75) is 12.8 Å². The van der Waals surface area contributed by atoms with Gasteiger partial charge in [0.2, 0.25) is 11.4 Å². The lowest BCUT2D eigenvalue weighted by molar-refractivity contribution is -0.137. The second-order valence-corrected chi connectivity index (χ2v) is 6.26. The van der Waals surface area contributed by atoms with Gasteiger partial charge in [-0.3, -0.25) is 4.79 Å². The predicted molar refractivity (Wildman–Crippen MR) is 98.4 cm³/mol. The molecule has 2 aromatic carbocycles. The Balaban J connectivity index is 1.52. The second-order valence-electron chi connectivity index (χ2n) is 6.26. The zero-order valence-corrected chi connectivity index (χ0v) is 15.1. The molecule has 0 aliphatic rings. The fourth-order valence-corrected chi connectivity index (χ4v) is 2.84. The molecule has 1 N–H and O–H groups in total.